The fourth-order valence-corrected chi connectivity index (χ4v) is 3.32. The first-order valence-electron chi connectivity index (χ1n) is 6.18. The SMILES string of the molecule is CC1(COC2CCCO2)CC2C=CC1C2. The van der Waals surface area contributed by atoms with Crippen LogP contribution in [0.3, 0.4) is 0 Å². The summed E-state index contributed by atoms with van der Waals surface area (Å²) in [5, 5.41) is 0. The highest BCUT2D eigenvalue weighted by Gasteiger charge is 2.45. The standard InChI is InChI=1S/C13H20O2/c1-13(8-10-4-5-11(13)7-10)9-15-12-3-2-6-14-12/h4-5,10-12H,2-3,6-9H2,1H3. The van der Waals surface area contributed by atoms with Crippen LogP contribution in [0.5, 0.6) is 0 Å². The second-order valence-electron chi connectivity index (χ2n) is 5.60. The Balaban J connectivity index is 1.56. The van der Waals surface area contributed by atoms with Gasteiger partial charge >= 0.3 is 0 Å². The van der Waals surface area contributed by atoms with E-state index in [4.69, 9.17) is 9.47 Å². The van der Waals surface area contributed by atoms with Crippen LogP contribution in [0.2, 0.25) is 0 Å². The highest BCUT2D eigenvalue weighted by atomic mass is 16.7. The second-order valence-corrected chi connectivity index (χ2v) is 5.60. The molecule has 2 heteroatoms. The smallest absolute Gasteiger partial charge is 0.157 e. The van der Waals surface area contributed by atoms with Crippen molar-refractivity contribution in [3.05, 3.63) is 12.2 Å². The number of ether oxygens (including phenoxy) is 2. The number of fused-ring (bicyclic) bond motifs is 2. The molecule has 2 nitrogen and oxygen atoms in total. The van der Waals surface area contributed by atoms with Gasteiger partial charge in [-0.2, -0.15) is 0 Å². The summed E-state index contributed by atoms with van der Waals surface area (Å²) >= 11 is 0. The molecule has 0 amide bonds. The Hall–Kier alpha value is -0.340. The van der Waals surface area contributed by atoms with Gasteiger partial charge in [-0.3, -0.25) is 0 Å². The van der Waals surface area contributed by atoms with Gasteiger partial charge in [0.1, 0.15) is 0 Å². The minimum absolute atomic E-state index is 0.0879. The first-order valence-corrected chi connectivity index (χ1v) is 6.18. The maximum Gasteiger partial charge on any atom is 0.157 e. The molecule has 1 saturated heterocycles. The highest BCUT2D eigenvalue weighted by molar-refractivity contribution is 5.14. The average molecular weight is 208 g/mol. The van der Waals surface area contributed by atoms with Crippen LogP contribution in [0.4, 0.5) is 0 Å². The number of rotatable bonds is 3. The van der Waals surface area contributed by atoms with Gasteiger partial charge in [0.25, 0.3) is 0 Å². The fourth-order valence-electron chi connectivity index (χ4n) is 3.32. The summed E-state index contributed by atoms with van der Waals surface area (Å²) in [5.41, 5.74) is 0.380. The van der Waals surface area contributed by atoms with Crippen LogP contribution in [-0.2, 0) is 9.47 Å². The molecule has 2 fully saturated rings. The summed E-state index contributed by atoms with van der Waals surface area (Å²) in [6.07, 6.45) is 9.77. The summed E-state index contributed by atoms with van der Waals surface area (Å²) in [6, 6.07) is 0. The van der Waals surface area contributed by atoms with Crippen molar-refractivity contribution in [2.45, 2.75) is 38.9 Å². The van der Waals surface area contributed by atoms with Gasteiger partial charge in [-0.05, 0) is 36.5 Å². The molecule has 1 heterocycles. The van der Waals surface area contributed by atoms with Crippen molar-refractivity contribution in [1.82, 2.24) is 0 Å². The monoisotopic (exact) mass is 208 g/mol. The van der Waals surface area contributed by atoms with Crippen molar-refractivity contribution in [3.8, 4) is 0 Å². The Morgan fingerprint density at radius 3 is 3.00 bits per heavy atom. The Kier molecular flexibility index (Phi) is 2.37. The molecule has 4 unspecified atom stereocenters. The van der Waals surface area contributed by atoms with Crippen molar-refractivity contribution in [1.29, 1.82) is 0 Å². The molecule has 2 aliphatic carbocycles. The van der Waals surface area contributed by atoms with Gasteiger partial charge in [0.2, 0.25) is 0 Å². The lowest BCUT2D eigenvalue weighted by molar-refractivity contribution is -0.135. The van der Waals surface area contributed by atoms with Crippen LogP contribution < -0.4 is 0 Å². The number of hydrogen-bond acceptors (Lipinski definition) is 2. The lowest BCUT2D eigenvalue weighted by Crippen LogP contribution is -2.30. The molecule has 4 atom stereocenters. The van der Waals surface area contributed by atoms with Gasteiger partial charge in [-0.15, -0.1) is 0 Å². The van der Waals surface area contributed by atoms with Gasteiger partial charge in [-0.1, -0.05) is 19.1 Å². The molecule has 3 aliphatic rings. The summed E-state index contributed by atoms with van der Waals surface area (Å²) in [6.45, 7) is 4.13. The number of hydrogen-bond donors (Lipinski definition) is 0. The topological polar surface area (TPSA) is 18.5 Å². The van der Waals surface area contributed by atoms with Gasteiger partial charge in [0.15, 0.2) is 6.29 Å². The summed E-state index contributed by atoms with van der Waals surface area (Å²) in [5.74, 6) is 1.58. The quantitative estimate of drug-likeness (QED) is 0.664. The third-order valence-electron chi connectivity index (χ3n) is 4.28. The number of allylic oxidation sites excluding steroid dienone is 2. The van der Waals surface area contributed by atoms with Crippen LogP contribution in [0.15, 0.2) is 12.2 Å². The molecule has 0 aromatic rings. The third-order valence-corrected chi connectivity index (χ3v) is 4.28. The van der Waals surface area contributed by atoms with E-state index in [0.29, 0.717) is 5.41 Å². The van der Waals surface area contributed by atoms with Crippen LogP contribution in [0, 0.1) is 17.3 Å². The van der Waals surface area contributed by atoms with Crippen molar-refractivity contribution in [2.75, 3.05) is 13.2 Å². The Morgan fingerprint density at radius 2 is 2.40 bits per heavy atom. The van der Waals surface area contributed by atoms with Crippen molar-refractivity contribution in [2.24, 2.45) is 17.3 Å². The molecular weight excluding hydrogens is 188 g/mol. The Morgan fingerprint density at radius 1 is 1.47 bits per heavy atom. The van der Waals surface area contributed by atoms with Crippen molar-refractivity contribution in [3.63, 3.8) is 0 Å². The molecule has 2 bridgehead atoms. The molecular formula is C13H20O2. The lowest BCUT2D eigenvalue weighted by atomic mass is 9.78. The van der Waals surface area contributed by atoms with Crippen molar-refractivity contribution < 1.29 is 9.47 Å². The normalized spacial score (nSPS) is 47.9. The Labute approximate surface area is 91.6 Å². The Bertz CT molecular complexity index is 268. The summed E-state index contributed by atoms with van der Waals surface area (Å²) < 4.78 is 11.4. The predicted octanol–water partition coefficient (Wildman–Crippen LogP) is 2.74. The van der Waals surface area contributed by atoms with E-state index in [9.17, 15) is 0 Å². The molecule has 1 aliphatic heterocycles. The van der Waals surface area contributed by atoms with Crippen LogP contribution in [0.1, 0.15) is 32.6 Å². The van der Waals surface area contributed by atoms with E-state index in [2.05, 4.69) is 19.1 Å². The fraction of sp³-hybridized carbons (Fsp3) is 0.846. The largest absolute Gasteiger partial charge is 0.353 e. The molecule has 0 aromatic heterocycles. The highest BCUT2D eigenvalue weighted by Crippen LogP contribution is 2.52. The average Bonchev–Trinajstić information content (AvgIpc) is 2.90. The molecule has 0 radical (unpaired) electrons. The van der Waals surface area contributed by atoms with Gasteiger partial charge in [0.05, 0.1) is 6.61 Å². The first-order chi connectivity index (χ1) is 7.26. The van der Waals surface area contributed by atoms with Crippen LogP contribution >= 0.6 is 0 Å². The third kappa shape index (κ3) is 1.74. The van der Waals surface area contributed by atoms with E-state index in [-0.39, 0.29) is 6.29 Å². The lowest BCUT2D eigenvalue weighted by Gasteiger charge is -2.32. The van der Waals surface area contributed by atoms with Gasteiger partial charge < -0.3 is 9.47 Å². The zero-order chi connectivity index (χ0) is 10.3. The summed E-state index contributed by atoms with van der Waals surface area (Å²) in [7, 11) is 0. The summed E-state index contributed by atoms with van der Waals surface area (Å²) in [4.78, 5) is 0. The predicted molar refractivity (Wildman–Crippen MR) is 58.4 cm³/mol. The molecule has 1 saturated carbocycles. The minimum atomic E-state index is 0.0879. The minimum Gasteiger partial charge on any atom is -0.353 e. The molecule has 3 rings (SSSR count). The molecule has 84 valence electrons. The van der Waals surface area contributed by atoms with Gasteiger partial charge in [-0.25, -0.2) is 0 Å². The van der Waals surface area contributed by atoms with E-state index in [1.54, 1.807) is 0 Å². The molecule has 0 spiro atoms. The second kappa shape index (κ2) is 3.60. The zero-order valence-electron chi connectivity index (χ0n) is 9.45. The van der Waals surface area contributed by atoms with Crippen molar-refractivity contribution >= 4 is 0 Å². The van der Waals surface area contributed by atoms with E-state index >= 15 is 0 Å². The maximum atomic E-state index is 5.89. The first kappa shape index (κ1) is 9.86. The molecule has 0 aromatic carbocycles. The molecule has 15 heavy (non-hydrogen) atoms. The van der Waals surface area contributed by atoms with E-state index in [1.807, 2.05) is 0 Å². The van der Waals surface area contributed by atoms with Crippen LogP contribution in [0.25, 0.3) is 0 Å². The van der Waals surface area contributed by atoms with E-state index in [0.717, 1.165) is 37.9 Å². The molecule has 0 N–H and O–H groups in total. The van der Waals surface area contributed by atoms with Gasteiger partial charge in [0, 0.05) is 13.0 Å². The van der Waals surface area contributed by atoms with E-state index < -0.39 is 0 Å². The maximum absolute atomic E-state index is 5.89. The van der Waals surface area contributed by atoms with Crippen LogP contribution in [-0.4, -0.2) is 19.5 Å². The van der Waals surface area contributed by atoms with E-state index in [1.165, 1.54) is 12.8 Å². The zero-order valence-corrected chi connectivity index (χ0v) is 9.45.